The third kappa shape index (κ3) is 5.75. The number of para-hydroxylation sites is 2. The molecule has 6 rings (SSSR count). The number of aliphatic hydroxyl groups excluding tert-OH is 1. The van der Waals surface area contributed by atoms with Crippen LogP contribution in [0.25, 0.3) is 22.0 Å². The van der Waals surface area contributed by atoms with E-state index < -0.39 is 0 Å². The summed E-state index contributed by atoms with van der Waals surface area (Å²) in [4.78, 5) is 25.3. The van der Waals surface area contributed by atoms with Crippen LogP contribution in [0.2, 0.25) is 0 Å². The van der Waals surface area contributed by atoms with Crippen LogP contribution in [-0.2, 0) is 24.9 Å². The van der Waals surface area contributed by atoms with Crippen molar-refractivity contribution in [1.82, 2.24) is 9.97 Å². The number of carbonyl (C=O) groups excluding carboxylic acids is 1. The predicted octanol–water partition coefficient (Wildman–Crippen LogP) is 7.26. The van der Waals surface area contributed by atoms with Gasteiger partial charge in [-0.05, 0) is 44.9 Å². The van der Waals surface area contributed by atoms with Gasteiger partial charge in [-0.25, -0.2) is 4.98 Å². The second-order valence-electron chi connectivity index (χ2n) is 10.8. The van der Waals surface area contributed by atoms with Crippen LogP contribution < -0.4 is 15.1 Å². The van der Waals surface area contributed by atoms with E-state index in [4.69, 9.17) is 0 Å². The van der Waals surface area contributed by atoms with E-state index in [2.05, 4.69) is 87.3 Å². The van der Waals surface area contributed by atoms with E-state index in [0.717, 1.165) is 48.0 Å². The number of nitrogens with zero attached hydrogens (tertiary/aromatic N) is 4. The first kappa shape index (κ1) is 31.5. The number of carbonyl (C=O) groups is 1. The van der Waals surface area contributed by atoms with Gasteiger partial charge >= 0.3 is 6.98 Å². The van der Waals surface area contributed by atoms with Gasteiger partial charge in [-0.15, -0.1) is 23.6 Å². The largest absolute Gasteiger partial charge is 0.512 e. The maximum Gasteiger partial charge on any atom is 0.369 e. The second kappa shape index (κ2) is 13.7. The van der Waals surface area contributed by atoms with Gasteiger partial charge in [0.15, 0.2) is 5.78 Å². The number of benzene rings is 3. The van der Waals surface area contributed by atoms with E-state index in [1.54, 1.807) is 6.33 Å². The summed E-state index contributed by atoms with van der Waals surface area (Å²) >= 11 is 0. The Morgan fingerprint density at radius 3 is 2.29 bits per heavy atom. The summed E-state index contributed by atoms with van der Waals surface area (Å²) in [5, 5.41) is 12.1. The number of aliphatic hydroxyl groups is 1. The van der Waals surface area contributed by atoms with E-state index in [1.807, 2.05) is 33.9 Å². The fraction of sp³-hybridized carbons (Fsp3) is 0.324. The Morgan fingerprint density at radius 1 is 0.952 bits per heavy atom. The van der Waals surface area contributed by atoms with Crippen molar-refractivity contribution in [1.29, 1.82) is 0 Å². The van der Waals surface area contributed by atoms with Gasteiger partial charge in [0.1, 0.15) is 6.33 Å². The Bertz CT molecular complexity index is 1590. The van der Waals surface area contributed by atoms with E-state index in [-0.39, 0.29) is 50.5 Å². The fourth-order valence-corrected chi connectivity index (χ4v) is 6.07. The summed E-state index contributed by atoms with van der Waals surface area (Å²) < 4.78 is 0. The molecular formula is C34H38BIrN4O2-. The molecule has 0 fully saturated rings. The third-order valence-corrected chi connectivity index (χ3v) is 8.50. The Morgan fingerprint density at radius 2 is 1.60 bits per heavy atom. The molecule has 3 aromatic carbocycles. The van der Waals surface area contributed by atoms with Gasteiger partial charge < -0.3 is 14.7 Å². The van der Waals surface area contributed by atoms with Crippen molar-refractivity contribution < 1.29 is 30.0 Å². The van der Waals surface area contributed by atoms with Crippen molar-refractivity contribution in [2.75, 3.05) is 16.7 Å². The molecule has 1 radical (unpaired) electrons. The van der Waals surface area contributed by atoms with Crippen LogP contribution in [-0.4, -0.2) is 34.9 Å². The zero-order valence-corrected chi connectivity index (χ0v) is 27.4. The number of ketones is 1. The summed E-state index contributed by atoms with van der Waals surface area (Å²) in [7, 11) is 2.15. The summed E-state index contributed by atoms with van der Waals surface area (Å²) in [5.41, 5.74) is 6.69. The van der Waals surface area contributed by atoms with Gasteiger partial charge in [-0.3, -0.25) is 9.78 Å². The quantitative estimate of drug-likeness (QED) is 0.0933. The number of rotatable bonds is 7. The number of hydrogen-bond acceptors (Lipinski definition) is 6. The van der Waals surface area contributed by atoms with Gasteiger partial charge in [0, 0.05) is 61.3 Å². The number of aromatic nitrogens is 2. The third-order valence-electron chi connectivity index (χ3n) is 8.50. The summed E-state index contributed by atoms with van der Waals surface area (Å²) in [6.07, 6.45) is 8.44. The van der Waals surface area contributed by atoms with Crippen molar-refractivity contribution in [2.45, 2.75) is 53.4 Å². The van der Waals surface area contributed by atoms with E-state index in [1.165, 1.54) is 28.3 Å². The summed E-state index contributed by atoms with van der Waals surface area (Å²) in [5.74, 6) is 0.547. The topological polar surface area (TPSA) is 69.6 Å². The molecule has 1 N–H and O–H groups in total. The minimum atomic E-state index is 0. The van der Waals surface area contributed by atoms with Gasteiger partial charge in [0.05, 0.1) is 11.4 Å². The molecule has 0 saturated carbocycles. The molecule has 1 aromatic heterocycles. The van der Waals surface area contributed by atoms with E-state index >= 15 is 0 Å². The molecule has 0 amide bonds. The van der Waals surface area contributed by atoms with E-state index in [0.29, 0.717) is 0 Å². The van der Waals surface area contributed by atoms with Gasteiger partial charge in [-0.2, -0.15) is 0 Å². The van der Waals surface area contributed by atoms with Crippen molar-refractivity contribution in [3.8, 4) is 11.3 Å². The van der Waals surface area contributed by atoms with Crippen molar-refractivity contribution in [3.05, 3.63) is 85.0 Å². The van der Waals surface area contributed by atoms with Crippen LogP contribution in [0, 0.1) is 17.9 Å². The molecule has 42 heavy (non-hydrogen) atoms. The molecule has 219 valence electrons. The molecule has 6 nitrogen and oxygen atoms in total. The maximum atomic E-state index is 11.7. The molecule has 0 spiro atoms. The van der Waals surface area contributed by atoms with Crippen LogP contribution in [0.5, 0.6) is 0 Å². The molecule has 0 atom stereocenters. The van der Waals surface area contributed by atoms with Crippen molar-refractivity contribution >= 4 is 46.1 Å². The molecule has 0 unspecified atom stereocenters. The van der Waals surface area contributed by atoms with Gasteiger partial charge in [0.25, 0.3) is 0 Å². The molecule has 8 heteroatoms. The summed E-state index contributed by atoms with van der Waals surface area (Å²) in [6.45, 7) is 8.16. The minimum Gasteiger partial charge on any atom is -0.512 e. The standard InChI is InChI=1S/C21H14BN4.C13H24O2.Ir/c1-25-18-8-4-5-9-19(18)26-20-12-23-13-24-21(20)16-10-14-6-2-3-7-15(14)11-17(16)22(25)26;1-5-10(6-2)12(14)9-13(15)11(7-3)8-4;/h2-9,11-13H,1H3;9-11,14H,5-8H2,1-4H3;/q-1;;/b;12-9-;. The first-order chi connectivity index (χ1) is 19.9. The first-order valence-electron chi connectivity index (χ1n) is 14.7. The Kier molecular flexibility index (Phi) is 10.2. The zero-order chi connectivity index (χ0) is 29.1. The first-order valence-corrected chi connectivity index (χ1v) is 14.7. The molecule has 2 aliphatic rings. The average molecular weight is 738 g/mol. The Labute approximate surface area is 263 Å². The smallest absolute Gasteiger partial charge is 0.369 e. The monoisotopic (exact) mass is 738 g/mol. The minimum absolute atomic E-state index is 0. The summed E-state index contributed by atoms with van der Waals surface area (Å²) in [6, 6.07) is 22.8. The predicted molar refractivity (Wildman–Crippen MR) is 170 cm³/mol. The van der Waals surface area contributed by atoms with Crippen LogP contribution in [0.15, 0.2) is 79.0 Å². The molecule has 4 aromatic rings. The Hall–Kier alpha value is -3.48. The van der Waals surface area contributed by atoms with Crippen LogP contribution in [0.1, 0.15) is 53.4 Å². The van der Waals surface area contributed by atoms with Crippen molar-refractivity contribution in [2.24, 2.45) is 11.8 Å². The molecule has 2 aliphatic heterocycles. The molecule has 3 heterocycles. The number of hydrogen-bond donors (Lipinski definition) is 1. The number of fused-ring (bicyclic) bond motifs is 9. The van der Waals surface area contributed by atoms with Gasteiger partial charge in [0.2, 0.25) is 0 Å². The SMILES string of the molecule is CCC(CC)C(=O)/C=C(\O)C(CC)CC.CN1B2c3cc4ccccc4[c-]c3-c3ncncc3N2c2ccccc21.[Ir]. The fourth-order valence-electron chi connectivity index (χ4n) is 6.07. The second-order valence-corrected chi connectivity index (χ2v) is 10.8. The Balaban J connectivity index is 0.000000221. The molecule has 0 bridgehead atoms. The normalized spacial score (nSPS) is 13.2. The maximum absolute atomic E-state index is 11.7. The van der Waals surface area contributed by atoms with Crippen LogP contribution in [0.4, 0.5) is 17.1 Å². The van der Waals surface area contributed by atoms with E-state index in [9.17, 15) is 9.90 Å². The van der Waals surface area contributed by atoms with Crippen LogP contribution >= 0.6 is 0 Å². The molecular weight excluding hydrogens is 699 g/mol. The van der Waals surface area contributed by atoms with Crippen LogP contribution in [0.3, 0.4) is 0 Å². The molecule has 0 saturated heterocycles. The number of anilines is 3. The molecule has 0 aliphatic carbocycles. The van der Waals surface area contributed by atoms with Gasteiger partial charge in [-0.1, -0.05) is 74.4 Å². The number of allylic oxidation sites excluding steroid dienone is 2. The zero-order valence-electron chi connectivity index (χ0n) is 25.0. The average Bonchev–Trinajstić information content (AvgIpc) is 3.30. The van der Waals surface area contributed by atoms with Crippen molar-refractivity contribution in [3.63, 3.8) is 0 Å².